The third-order valence-corrected chi connectivity index (χ3v) is 11.7. The van der Waals surface area contributed by atoms with Crippen molar-refractivity contribution >= 4 is 17.1 Å². The molecule has 0 spiro atoms. The Bertz CT molecular complexity index is 2390. The summed E-state index contributed by atoms with van der Waals surface area (Å²) in [7, 11) is 0. The van der Waals surface area contributed by atoms with Crippen molar-refractivity contribution in [1.29, 1.82) is 0 Å². The fourth-order valence-corrected chi connectivity index (χ4v) is 9.07. The third-order valence-electron chi connectivity index (χ3n) is 11.7. The lowest BCUT2D eigenvalue weighted by molar-refractivity contribution is 0.248. The molecular weight excluding hydrogens is 631 g/mol. The van der Waals surface area contributed by atoms with Crippen LogP contribution in [0, 0.1) is 0 Å². The molecule has 1 aliphatic carbocycles. The van der Waals surface area contributed by atoms with Gasteiger partial charge < -0.3 is 4.90 Å². The summed E-state index contributed by atoms with van der Waals surface area (Å²) in [5.41, 5.74) is 17.9. The second-order valence-electron chi connectivity index (χ2n) is 15.0. The summed E-state index contributed by atoms with van der Waals surface area (Å²) in [6.45, 7) is 4.76. The molecule has 0 radical (unpaired) electrons. The predicted octanol–water partition coefficient (Wildman–Crippen LogP) is 12.2. The van der Waals surface area contributed by atoms with E-state index in [1.807, 2.05) is 0 Å². The van der Waals surface area contributed by atoms with Crippen LogP contribution in [-0.4, -0.2) is 0 Å². The Balaban J connectivity index is 1.19. The molecule has 3 aliphatic rings. The average molecular weight is 672 g/mol. The Kier molecular flexibility index (Phi) is 7.28. The van der Waals surface area contributed by atoms with Gasteiger partial charge in [-0.3, -0.25) is 10.6 Å². The van der Waals surface area contributed by atoms with E-state index in [0.717, 1.165) is 12.1 Å². The number of hydrogen-bond donors (Lipinski definition) is 2. The van der Waals surface area contributed by atoms with Gasteiger partial charge >= 0.3 is 0 Å². The first kappa shape index (κ1) is 31.0. The summed E-state index contributed by atoms with van der Waals surface area (Å²) in [4.78, 5) is 2.47. The normalized spacial score (nSPS) is 19.4. The van der Waals surface area contributed by atoms with Crippen molar-refractivity contribution < 1.29 is 0 Å². The van der Waals surface area contributed by atoms with E-state index < -0.39 is 0 Å². The number of rotatable bonds is 4. The molecule has 0 aromatic heterocycles. The van der Waals surface area contributed by atoms with Crippen LogP contribution in [0.25, 0.3) is 33.4 Å². The highest BCUT2D eigenvalue weighted by Gasteiger charge is 2.38. The zero-order valence-corrected chi connectivity index (χ0v) is 29.6. The second kappa shape index (κ2) is 12.2. The minimum atomic E-state index is -0.0933. The fraction of sp³-hybridized carbons (Fsp3) is 0.143. The van der Waals surface area contributed by atoms with Crippen LogP contribution in [-0.2, 0) is 5.41 Å². The van der Waals surface area contributed by atoms with E-state index in [9.17, 15) is 0 Å². The van der Waals surface area contributed by atoms with Gasteiger partial charge in [-0.05, 0) is 99.0 Å². The van der Waals surface area contributed by atoms with Crippen molar-refractivity contribution in [3.05, 3.63) is 198 Å². The molecule has 252 valence electrons. The molecule has 0 amide bonds. The van der Waals surface area contributed by atoms with Crippen LogP contribution in [0.5, 0.6) is 0 Å². The first-order chi connectivity index (χ1) is 25.5. The predicted molar refractivity (Wildman–Crippen MR) is 215 cm³/mol. The van der Waals surface area contributed by atoms with Gasteiger partial charge in [0.25, 0.3) is 0 Å². The van der Waals surface area contributed by atoms with E-state index in [0.29, 0.717) is 0 Å². The van der Waals surface area contributed by atoms with Gasteiger partial charge in [-0.1, -0.05) is 141 Å². The van der Waals surface area contributed by atoms with E-state index in [1.165, 1.54) is 72.6 Å². The Hall–Kier alpha value is -5.74. The van der Waals surface area contributed by atoms with Gasteiger partial charge in [-0.25, -0.2) is 0 Å². The molecule has 2 aliphatic heterocycles. The molecule has 2 N–H and O–H groups in total. The first-order valence-corrected chi connectivity index (χ1v) is 18.5. The Morgan fingerprint density at radius 2 is 1.02 bits per heavy atom. The lowest BCUT2D eigenvalue weighted by atomic mass is 9.80. The van der Waals surface area contributed by atoms with Crippen LogP contribution in [0.15, 0.2) is 170 Å². The number of anilines is 3. The lowest BCUT2D eigenvalue weighted by Gasteiger charge is -2.39. The zero-order valence-electron chi connectivity index (χ0n) is 29.6. The number of benzene rings is 7. The molecule has 2 heterocycles. The van der Waals surface area contributed by atoms with E-state index >= 15 is 0 Å². The monoisotopic (exact) mass is 671 g/mol. The maximum absolute atomic E-state index is 4.03. The fourth-order valence-electron chi connectivity index (χ4n) is 9.07. The van der Waals surface area contributed by atoms with Crippen molar-refractivity contribution in [3.63, 3.8) is 0 Å². The number of nitrogens with one attached hydrogen (secondary N) is 2. The number of fused-ring (bicyclic) bond motifs is 8. The van der Waals surface area contributed by atoms with Crippen molar-refractivity contribution in [2.24, 2.45) is 0 Å². The van der Waals surface area contributed by atoms with Gasteiger partial charge in [0.1, 0.15) is 0 Å². The Morgan fingerprint density at radius 1 is 0.442 bits per heavy atom. The maximum Gasteiger partial charge on any atom is 0.0845 e. The van der Waals surface area contributed by atoms with Crippen LogP contribution < -0.4 is 15.5 Å². The molecule has 3 atom stereocenters. The molecule has 3 unspecified atom stereocenters. The molecule has 1 fully saturated rings. The minimum absolute atomic E-state index is 0.0170. The number of para-hydroxylation sites is 2. The highest BCUT2D eigenvalue weighted by atomic mass is 15.2. The van der Waals surface area contributed by atoms with Crippen molar-refractivity contribution in [2.75, 3.05) is 4.90 Å². The summed E-state index contributed by atoms with van der Waals surface area (Å²) in [6.07, 6.45) is 0.955. The van der Waals surface area contributed by atoms with E-state index in [2.05, 4.69) is 199 Å². The maximum atomic E-state index is 4.03. The van der Waals surface area contributed by atoms with Gasteiger partial charge in [0, 0.05) is 34.3 Å². The molecule has 7 aromatic carbocycles. The largest absolute Gasteiger partial charge is 0.309 e. The third kappa shape index (κ3) is 4.96. The van der Waals surface area contributed by atoms with Gasteiger partial charge in [0.15, 0.2) is 0 Å². The standard InChI is InChI=1S/C49H41N3/c1-49(2)42-24-14-12-22-36(42)40-29-38-39(30-43(40)49)37-23-13-15-25-46(37)52(35-20-10-5-11-21-35)47-27-26-34(28-41(38)47)45-31-44(32-16-6-3-7-17-32)50-48(51-45)33-18-8-4-9-19-33/h3-30,44-45,48,50-51H,31H2,1-2H3. The molecule has 3 heteroatoms. The molecule has 10 rings (SSSR count). The van der Waals surface area contributed by atoms with Crippen molar-refractivity contribution in [3.8, 4) is 33.4 Å². The molecule has 3 nitrogen and oxygen atoms in total. The van der Waals surface area contributed by atoms with Crippen LogP contribution in [0.3, 0.4) is 0 Å². The van der Waals surface area contributed by atoms with Crippen LogP contribution in [0.4, 0.5) is 17.1 Å². The zero-order chi connectivity index (χ0) is 34.8. The molecule has 1 saturated heterocycles. The van der Waals surface area contributed by atoms with Crippen molar-refractivity contribution in [2.45, 2.75) is 43.9 Å². The number of nitrogens with zero attached hydrogens (tertiary/aromatic N) is 1. The van der Waals surface area contributed by atoms with Gasteiger partial charge in [-0.2, -0.15) is 0 Å². The first-order valence-electron chi connectivity index (χ1n) is 18.5. The van der Waals surface area contributed by atoms with Gasteiger partial charge in [0.05, 0.1) is 17.5 Å². The molecule has 7 aromatic rings. The Labute approximate surface area is 306 Å². The van der Waals surface area contributed by atoms with E-state index in [1.54, 1.807) is 0 Å². The van der Waals surface area contributed by atoms with E-state index in [-0.39, 0.29) is 23.7 Å². The summed E-state index contributed by atoms with van der Waals surface area (Å²) in [5.74, 6) is 0. The van der Waals surface area contributed by atoms with Crippen LogP contribution >= 0.6 is 0 Å². The summed E-state index contributed by atoms with van der Waals surface area (Å²) in [5, 5.41) is 7.97. The highest BCUT2D eigenvalue weighted by molar-refractivity contribution is 6.04. The van der Waals surface area contributed by atoms with Gasteiger partial charge in [-0.15, -0.1) is 0 Å². The Morgan fingerprint density at radius 3 is 1.77 bits per heavy atom. The SMILES string of the molecule is CC1(C)c2ccccc2-c2cc3c(cc21)-c1ccccc1N(c1ccccc1)c1ccc(C2CC(c4ccccc4)NC(c4ccccc4)N2)cc1-3. The quantitative estimate of drug-likeness (QED) is 0.195. The average Bonchev–Trinajstić information content (AvgIpc) is 3.35. The number of hydrogen-bond acceptors (Lipinski definition) is 3. The van der Waals surface area contributed by atoms with Gasteiger partial charge in [0.2, 0.25) is 0 Å². The molecule has 0 bridgehead atoms. The molecule has 0 saturated carbocycles. The lowest BCUT2D eigenvalue weighted by Crippen LogP contribution is -2.45. The van der Waals surface area contributed by atoms with E-state index in [4.69, 9.17) is 0 Å². The smallest absolute Gasteiger partial charge is 0.0845 e. The minimum Gasteiger partial charge on any atom is -0.309 e. The van der Waals surface area contributed by atoms with Crippen molar-refractivity contribution in [1.82, 2.24) is 10.6 Å². The highest BCUT2D eigenvalue weighted by Crippen LogP contribution is 2.56. The van der Waals surface area contributed by atoms with Crippen LogP contribution in [0.1, 0.15) is 66.3 Å². The molecular formula is C49H41N3. The second-order valence-corrected chi connectivity index (χ2v) is 15.0. The molecule has 52 heavy (non-hydrogen) atoms. The van der Waals surface area contributed by atoms with Crippen LogP contribution in [0.2, 0.25) is 0 Å². The topological polar surface area (TPSA) is 27.3 Å². The summed E-state index contributed by atoms with van der Waals surface area (Å²) >= 11 is 0. The summed E-state index contributed by atoms with van der Waals surface area (Å²) in [6, 6.07) is 63.1. The summed E-state index contributed by atoms with van der Waals surface area (Å²) < 4.78 is 0.